The number of piperidine rings is 1. The first kappa shape index (κ1) is 19.8. The second-order valence-electron chi connectivity index (χ2n) is 8.14. The van der Waals surface area contributed by atoms with E-state index in [-0.39, 0.29) is 0 Å². The molecular weight excluding hydrogens is 362 g/mol. The molecule has 4 rings (SSSR count). The molecule has 2 fully saturated rings. The van der Waals surface area contributed by atoms with E-state index in [1.807, 2.05) is 6.07 Å². The maximum atomic E-state index is 12.7. The van der Waals surface area contributed by atoms with E-state index in [1.54, 1.807) is 12.4 Å². The van der Waals surface area contributed by atoms with Gasteiger partial charge in [-0.25, -0.2) is 9.97 Å². The van der Waals surface area contributed by atoms with Crippen molar-refractivity contribution in [3.05, 3.63) is 54.4 Å². The van der Waals surface area contributed by atoms with Crippen molar-refractivity contribution in [1.29, 1.82) is 0 Å². The summed E-state index contributed by atoms with van der Waals surface area (Å²) in [4.78, 5) is 28.0. The molecule has 1 aromatic heterocycles. The van der Waals surface area contributed by atoms with E-state index in [1.165, 1.54) is 5.56 Å². The van der Waals surface area contributed by atoms with Gasteiger partial charge in [-0.2, -0.15) is 0 Å². The fourth-order valence-electron chi connectivity index (χ4n) is 4.37. The first-order valence-corrected chi connectivity index (χ1v) is 10.8. The van der Waals surface area contributed by atoms with E-state index < -0.39 is 0 Å². The van der Waals surface area contributed by atoms with E-state index in [9.17, 15) is 4.79 Å². The number of carbonyl (C=O) groups is 1. The van der Waals surface area contributed by atoms with Gasteiger partial charge in [0.2, 0.25) is 11.9 Å². The number of hydrogen-bond acceptors (Lipinski definition) is 5. The third-order valence-electron chi connectivity index (χ3n) is 6.18. The quantitative estimate of drug-likeness (QED) is 0.755. The van der Waals surface area contributed by atoms with Crippen LogP contribution < -0.4 is 4.90 Å². The Kier molecular flexibility index (Phi) is 6.72. The summed E-state index contributed by atoms with van der Waals surface area (Å²) in [5.41, 5.74) is 1.41. The van der Waals surface area contributed by atoms with Crippen LogP contribution in [0.5, 0.6) is 0 Å². The molecule has 0 spiro atoms. The van der Waals surface area contributed by atoms with Crippen LogP contribution in [0.3, 0.4) is 0 Å². The summed E-state index contributed by atoms with van der Waals surface area (Å²) >= 11 is 0. The Labute approximate surface area is 173 Å². The van der Waals surface area contributed by atoms with Crippen LogP contribution in [-0.4, -0.2) is 71.5 Å². The summed E-state index contributed by atoms with van der Waals surface area (Å²) < 4.78 is 0. The predicted molar refractivity (Wildman–Crippen MR) is 115 cm³/mol. The van der Waals surface area contributed by atoms with Crippen molar-refractivity contribution < 1.29 is 4.79 Å². The summed E-state index contributed by atoms with van der Waals surface area (Å²) in [6, 6.07) is 12.6. The minimum atomic E-state index is 0.317. The highest BCUT2D eigenvalue weighted by molar-refractivity contribution is 5.76. The largest absolute Gasteiger partial charge is 0.343 e. The number of anilines is 1. The number of hydrogen-bond donors (Lipinski definition) is 0. The maximum absolute atomic E-state index is 12.7. The molecule has 6 heteroatoms. The fraction of sp³-hybridized carbons (Fsp3) is 0.522. The van der Waals surface area contributed by atoms with Gasteiger partial charge in [0.05, 0.1) is 0 Å². The Hall–Kier alpha value is -2.47. The molecule has 3 heterocycles. The Morgan fingerprint density at radius 1 is 0.897 bits per heavy atom. The number of likely N-dealkylation sites (tertiary alicyclic amines) is 1. The summed E-state index contributed by atoms with van der Waals surface area (Å²) in [5, 5.41) is 0. The summed E-state index contributed by atoms with van der Waals surface area (Å²) in [6.45, 7) is 6.44. The molecule has 0 unspecified atom stereocenters. The van der Waals surface area contributed by atoms with Crippen LogP contribution in [0.1, 0.15) is 24.8 Å². The molecule has 6 nitrogen and oxygen atoms in total. The third kappa shape index (κ3) is 5.54. The number of aromatic nitrogens is 2. The van der Waals surface area contributed by atoms with E-state index in [2.05, 4.69) is 55.0 Å². The van der Waals surface area contributed by atoms with Crippen LogP contribution in [0.25, 0.3) is 0 Å². The number of nitrogens with zero attached hydrogens (tertiary/aromatic N) is 5. The highest BCUT2D eigenvalue weighted by Crippen LogP contribution is 2.22. The van der Waals surface area contributed by atoms with Crippen molar-refractivity contribution in [2.45, 2.75) is 25.7 Å². The van der Waals surface area contributed by atoms with E-state index >= 15 is 0 Å². The minimum absolute atomic E-state index is 0.317. The maximum Gasteiger partial charge on any atom is 0.225 e. The minimum Gasteiger partial charge on any atom is -0.343 e. The van der Waals surface area contributed by atoms with Gasteiger partial charge in [0.25, 0.3) is 0 Å². The summed E-state index contributed by atoms with van der Waals surface area (Å²) in [5.74, 6) is 1.83. The van der Waals surface area contributed by atoms with Crippen LogP contribution >= 0.6 is 0 Å². The molecule has 29 heavy (non-hydrogen) atoms. The van der Waals surface area contributed by atoms with Crippen molar-refractivity contribution in [2.24, 2.45) is 5.92 Å². The van der Waals surface area contributed by atoms with Crippen LogP contribution in [-0.2, 0) is 11.2 Å². The van der Waals surface area contributed by atoms with E-state index in [4.69, 9.17) is 0 Å². The molecule has 0 radical (unpaired) electrons. The molecule has 2 aliphatic rings. The Morgan fingerprint density at radius 3 is 2.28 bits per heavy atom. The molecule has 0 bridgehead atoms. The van der Waals surface area contributed by atoms with Crippen molar-refractivity contribution in [3.8, 4) is 0 Å². The molecule has 154 valence electrons. The van der Waals surface area contributed by atoms with Crippen LogP contribution in [0.15, 0.2) is 48.8 Å². The van der Waals surface area contributed by atoms with Gasteiger partial charge < -0.3 is 9.80 Å². The Morgan fingerprint density at radius 2 is 1.59 bits per heavy atom. The molecule has 1 amide bonds. The first-order valence-electron chi connectivity index (χ1n) is 10.8. The van der Waals surface area contributed by atoms with Gasteiger partial charge in [-0.1, -0.05) is 30.3 Å². The summed E-state index contributed by atoms with van der Waals surface area (Å²) in [7, 11) is 0. The fourth-order valence-corrected chi connectivity index (χ4v) is 4.37. The lowest BCUT2D eigenvalue weighted by Gasteiger charge is -2.35. The third-order valence-corrected chi connectivity index (χ3v) is 6.18. The van der Waals surface area contributed by atoms with Gasteiger partial charge in [-0.3, -0.25) is 9.69 Å². The second-order valence-corrected chi connectivity index (χ2v) is 8.14. The highest BCUT2D eigenvalue weighted by atomic mass is 16.2. The molecule has 0 atom stereocenters. The van der Waals surface area contributed by atoms with Gasteiger partial charge in [0.1, 0.15) is 0 Å². The Balaban J connectivity index is 1.15. The molecular formula is C23H31N5O. The van der Waals surface area contributed by atoms with E-state index in [0.29, 0.717) is 18.2 Å². The zero-order chi connectivity index (χ0) is 19.9. The van der Waals surface area contributed by atoms with Gasteiger partial charge in [-0.15, -0.1) is 0 Å². The summed E-state index contributed by atoms with van der Waals surface area (Å²) in [6.07, 6.45) is 7.59. The number of carbonyl (C=O) groups excluding carboxylic acids is 1. The van der Waals surface area contributed by atoms with Gasteiger partial charge >= 0.3 is 0 Å². The van der Waals surface area contributed by atoms with Gasteiger partial charge in [-0.05, 0) is 36.8 Å². The molecule has 0 aliphatic carbocycles. The van der Waals surface area contributed by atoms with Crippen molar-refractivity contribution in [3.63, 3.8) is 0 Å². The molecule has 0 saturated carbocycles. The SMILES string of the molecule is O=C(CCN1CCN(c2ncccn2)CC1)N1CCC(Cc2ccccc2)CC1. The van der Waals surface area contributed by atoms with Crippen LogP contribution in [0.2, 0.25) is 0 Å². The normalized spacial score (nSPS) is 18.8. The molecule has 0 N–H and O–H groups in total. The smallest absolute Gasteiger partial charge is 0.225 e. The average Bonchev–Trinajstić information content (AvgIpc) is 2.80. The lowest BCUT2D eigenvalue weighted by molar-refractivity contribution is -0.132. The van der Waals surface area contributed by atoms with Gasteiger partial charge in [0.15, 0.2) is 0 Å². The highest BCUT2D eigenvalue weighted by Gasteiger charge is 2.24. The average molecular weight is 394 g/mol. The Bertz CT molecular complexity index is 753. The lowest BCUT2D eigenvalue weighted by Crippen LogP contribution is -2.48. The zero-order valence-corrected chi connectivity index (χ0v) is 17.1. The van der Waals surface area contributed by atoms with Crippen LogP contribution in [0.4, 0.5) is 5.95 Å². The van der Waals surface area contributed by atoms with Crippen molar-refractivity contribution in [2.75, 3.05) is 50.7 Å². The molecule has 2 aliphatic heterocycles. The number of amides is 1. The topological polar surface area (TPSA) is 52.6 Å². The molecule has 2 aromatic rings. The van der Waals surface area contributed by atoms with Gasteiger partial charge in [0, 0.05) is 64.6 Å². The number of rotatable bonds is 6. The number of piperazine rings is 1. The van der Waals surface area contributed by atoms with Crippen molar-refractivity contribution in [1.82, 2.24) is 19.8 Å². The number of benzene rings is 1. The monoisotopic (exact) mass is 393 g/mol. The van der Waals surface area contributed by atoms with Crippen molar-refractivity contribution >= 4 is 11.9 Å². The molecule has 2 saturated heterocycles. The zero-order valence-electron chi connectivity index (χ0n) is 17.1. The standard InChI is InChI=1S/C23H31N5O/c29-22(27-13-7-21(8-14-27)19-20-5-2-1-3-6-20)9-12-26-15-17-28(18-16-26)23-24-10-4-11-25-23/h1-6,10-11,21H,7-9,12-19H2. The predicted octanol–water partition coefficient (Wildman–Crippen LogP) is 2.47. The lowest BCUT2D eigenvalue weighted by atomic mass is 9.90. The van der Waals surface area contributed by atoms with Crippen LogP contribution in [0, 0.1) is 5.92 Å². The second kappa shape index (κ2) is 9.83. The first-order chi connectivity index (χ1) is 14.3. The van der Waals surface area contributed by atoms with E-state index in [0.717, 1.165) is 71.0 Å². The molecule has 1 aromatic carbocycles.